The van der Waals surface area contributed by atoms with Crippen molar-refractivity contribution in [1.82, 2.24) is 4.98 Å². The Morgan fingerprint density at radius 1 is 1.32 bits per heavy atom. The van der Waals surface area contributed by atoms with Crippen LogP contribution in [-0.4, -0.2) is 4.98 Å². The predicted octanol–water partition coefficient (Wildman–Crippen LogP) is 4.47. The van der Waals surface area contributed by atoms with E-state index < -0.39 is 0 Å². The number of aromatic nitrogens is 1. The smallest absolute Gasteiger partial charge is 0.236 e. The van der Waals surface area contributed by atoms with Crippen LogP contribution in [0.5, 0.6) is 5.75 Å². The molecule has 3 aromatic rings. The molecule has 0 unspecified atom stereocenters. The highest BCUT2D eigenvalue weighted by Crippen LogP contribution is 2.27. The molecule has 3 rings (SSSR count). The first kappa shape index (κ1) is 14.4. The normalized spacial score (nSPS) is 10.4. The van der Waals surface area contributed by atoms with Crippen LogP contribution in [0.15, 0.2) is 40.1 Å². The van der Waals surface area contributed by atoms with Crippen LogP contribution >= 0.6 is 11.3 Å². The van der Waals surface area contributed by atoms with Crippen LogP contribution in [0, 0.1) is 25.2 Å². The molecular formula is C17H14N2O2S. The molecule has 0 saturated carbocycles. The SMILES string of the molecule is Cc1cc(C#N)ccc1OCc1nc(-c2cccs2)oc1C. The number of nitriles is 1. The molecular weight excluding hydrogens is 296 g/mol. The monoisotopic (exact) mass is 310 g/mol. The highest BCUT2D eigenvalue weighted by Gasteiger charge is 2.13. The van der Waals surface area contributed by atoms with Crippen molar-refractivity contribution >= 4 is 11.3 Å². The van der Waals surface area contributed by atoms with E-state index in [4.69, 9.17) is 14.4 Å². The van der Waals surface area contributed by atoms with E-state index in [1.54, 1.807) is 17.4 Å². The first-order chi connectivity index (χ1) is 10.7. The van der Waals surface area contributed by atoms with Crippen molar-refractivity contribution in [2.75, 3.05) is 0 Å². The van der Waals surface area contributed by atoms with Gasteiger partial charge in [0, 0.05) is 0 Å². The van der Waals surface area contributed by atoms with Crippen molar-refractivity contribution in [1.29, 1.82) is 5.26 Å². The van der Waals surface area contributed by atoms with Gasteiger partial charge in [-0.1, -0.05) is 6.07 Å². The van der Waals surface area contributed by atoms with Crippen LogP contribution in [0.2, 0.25) is 0 Å². The van der Waals surface area contributed by atoms with Gasteiger partial charge in [-0.25, -0.2) is 4.98 Å². The second-order valence-corrected chi connectivity index (χ2v) is 5.83. The zero-order valence-electron chi connectivity index (χ0n) is 12.3. The van der Waals surface area contributed by atoms with Gasteiger partial charge in [-0.3, -0.25) is 0 Å². The second-order valence-electron chi connectivity index (χ2n) is 4.88. The lowest BCUT2D eigenvalue weighted by Gasteiger charge is -2.07. The van der Waals surface area contributed by atoms with Crippen molar-refractivity contribution in [2.24, 2.45) is 0 Å². The van der Waals surface area contributed by atoms with Gasteiger partial charge in [-0.15, -0.1) is 11.3 Å². The molecule has 0 aliphatic rings. The predicted molar refractivity (Wildman–Crippen MR) is 84.8 cm³/mol. The van der Waals surface area contributed by atoms with E-state index in [2.05, 4.69) is 11.1 Å². The van der Waals surface area contributed by atoms with Crippen molar-refractivity contribution in [3.05, 3.63) is 58.3 Å². The van der Waals surface area contributed by atoms with Crippen LogP contribution in [0.4, 0.5) is 0 Å². The first-order valence-electron chi connectivity index (χ1n) is 6.81. The minimum atomic E-state index is 0.341. The maximum absolute atomic E-state index is 8.88. The molecule has 0 fully saturated rings. The Bertz CT molecular complexity index is 829. The van der Waals surface area contributed by atoms with Crippen LogP contribution in [0.3, 0.4) is 0 Å². The van der Waals surface area contributed by atoms with E-state index in [0.29, 0.717) is 18.1 Å². The highest BCUT2D eigenvalue weighted by atomic mass is 32.1. The highest BCUT2D eigenvalue weighted by molar-refractivity contribution is 7.13. The lowest BCUT2D eigenvalue weighted by atomic mass is 10.1. The van der Waals surface area contributed by atoms with Crippen molar-refractivity contribution in [2.45, 2.75) is 20.5 Å². The number of oxazole rings is 1. The fourth-order valence-corrected chi connectivity index (χ4v) is 2.74. The lowest BCUT2D eigenvalue weighted by Crippen LogP contribution is -1.99. The molecule has 4 nitrogen and oxygen atoms in total. The van der Waals surface area contributed by atoms with Crippen molar-refractivity contribution < 1.29 is 9.15 Å². The molecule has 0 atom stereocenters. The molecule has 1 aromatic carbocycles. The molecule has 5 heteroatoms. The molecule has 2 aromatic heterocycles. The standard InChI is InChI=1S/C17H14N2O2S/c1-11-8-13(9-18)5-6-15(11)20-10-14-12(2)21-17(19-14)16-4-3-7-22-16/h3-8H,10H2,1-2H3. The minimum absolute atomic E-state index is 0.341. The summed E-state index contributed by atoms with van der Waals surface area (Å²) < 4.78 is 11.5. The van der Waals surface area contributed by atoms with Gasteiger partial charge in [0.25, 0.3) is 0 Å². The van der Waals surface area contributed by atoms with Crippen LogP contribution in [0.25, 0.3) is 10.8 Å². The number of nitrogens with zero attached hydrogens (tertiary/aromatic N) is 2. The summed E-state index contributed by atoms with van der Waals surface area (Å²) in [6.45, 7) is 4.14. The Morgan fingerprint density at radius 2 is 2.18 bits per heavy atom. The van der Waals surface area contributed by atoms with Gasteiger partial charge in [0.15, 0.2) is 0 Å². The number of hydrogen-bond acceptors (Lipinski definition) is 5. The molecule has 22 heavy (non-hydrogen) atoms. The third-order valence-electron chi connectivity index (χ3n) is 3.29. The average molecular weight is 310 g/mol. The molecule has 0 bridgehead atoms. The van der Waals surface area contributed by atoms with Crippen LogP contribution in [0.1, 0.15) is 22.6 Å². The van der Waals surface area contributed by atoms with Crippen molar-refractivity contribution in [3.8, 4) is 22.6 Å². The Labute approximate surface area is 132 Å². The zero-order valence-corrected chi connectivity index (χ0v) is 13.1. The number of hydrogen-bond donors (Lipinski definition) is 0. The van der Waals surface area contributed by atoms with E-state index in [-0.39, 0.29) is 0 Å². The van der Waals surface area contributed by atoms with E-state index in [1.807, 2.05) is 43.5 Å². The lowest BCUT2D eigenvalue weighted by molar-refractivity contribution is 0.297. The largest absolute Gasteiger partial charge is 0.487 e. The summed E-state index contributed by atoms with van der Waals surface area (Å²) in [5, 5.41) is 10.9. The molecule has 2 heterocycles. The first-order valence-corrected chi connectivity index (χ1v) is 7.69. The number of ether oxygens (including phenoxy) is 1. The molecule has 0 aliphatic carbocycles. The molecule has 0 saturated heterocycles. The summed E-state index contributed by atoms with van der Waals surface area (Å²) in [4.78, 5) is 5.50. The Morgan fingerprint density at radius 3 is 2.86 bits per heavy atom. The fraction of sp³-hybridized carbons (Fsp3) is 0.176. The molecule has 0 amide bonds. The van der Waals surface area contributed by atoms with Gasteiger partial charge in [-0.05, 0) is 49.1 Å². The molecule has 0 radical (unpaired) electrons. The van der Waals surface area contributed by atoms with Crippen LogP contribution in [-0.2, 0) is 6.61 Å². The number of rotatable bonds is 4. The third kappa shape index (κ3) is 2.87. The number of thiophene rings is 1. The topological polar surface area (TPSA) is 59.0 Å². The van der Waals surface area contributed by atoms with Gasteiger partial charge >= 0.3 is 0 Å². The second kappa shape index (κ2) is 6.04. The van der Waals surface area contributed by atoms with Gasteiger partial charge in [-0.2, -0.15) is 5.26 Å². The number of aryl methyl sites for hydroxylation is 2. The summed E-state index contributed by atoms with van der Waals surface area (Å²) in [5.41, 5.74) is 2.34. The quantitative estimate of drug-likeness (QED) is 0.713. The molecule has 0 N–H and O–H groups in total. The maximum atomic E-state index is 8.88. The zero-order chi connectivity index (χ0) is 15.5. The molecule has 0 aliphatic heterocycles. The van der Waals surface area contributed by atoms with Gasteiger partial charge in [0.1, 0.15) is 23.8 Å². The molecule has 110 valence electrons. The Balaban J connectivity index is 1.76. The van der Waals surface area contributed by atoms with Gasteiger partial charge < -0.3 is 9.15 Å². The Hall–Kier alpha value is -2.58. The van der Waals surface area contributed by atoms with Crippen molar-refractivity contribution in [3.63, 3.8) is 0 Å². The molecule has 0 spiro atoms. The van der Waals surface area contributed by atoms with Gasteiger partial charge in [0.2, 0.25) is 5.89 Å². The van der Waals surface area contributed by atoms with E-state index in [1.165, 1.54) is 0 Å². The third-order valence-corrected chi connectivity index (χ3v) is 4.15. The Kier molecular flexibility index (Phi) is 3.94. The van der Waals surface area contributed by atoms with Gasteiger partial charge in [0.05, 0.1) is 16.5 Å². The van der Waals surface area contributed by atoms with E-state index in [9.17, 15) is 0 Å². The number of benzene rings is 1. The maximum Gasteiger partial charge on any atom is 0.236 e. The average Bonchev–Trinajstić information content (AvgIpc) is 3.15. The van der Waals surface area contributed by atoms with E-state index >= 15 is 0 Å². The summed E-state index contributed by atoms with van der Waals surface area (Å²) in [5.74, 6) is 2.14. The summed E-state index contributed by atoms with van der Waals surface area (Å²) in [6.07, 6.45) is 0. The summed E-state index contributed by atoms with van der Waals surface area (Å²) in [6, 6.07) is 11.4. The summed E-state index contributed by atoms with van der Waals surface area (Å²) in [7, 11) is 0. The van der Waals surface area contributed by atoms with E-state index in [0.717, 1.165) is 27.6 Å². The summed E-state index contributed by atoms with van der Waals surface area (Å²) >= 11 is 1.59. The minimum Gasteiger partial charge on any atom is -0.487 e. The fourth-order valence-electron chi connectivity index (χ4n) is 2.09. The van der Waals surface area contributed by atoms with Crippen LogP contribution < -0.4 is 4.74 Å².